The maximum atomic E-state index is 13.0. The van der Waals surface area contributed by atoms with Crippen LogP contribution in [0.2, 0.25) is 0 Å². The first kappa shape index (κ1) is 9.21. The summed E-state index contributed by atoms with van der Waals surface area (Å²) in [6.45, 7) is 1.16. The molecule has 0 atom stereocenters. The topological polar surface area (TPSA) is 29.5 Å². The summed E-state index contributed by atoms with van der Waals surface area (Å²) in [6, 6.07) is 4.56. The molecule has 1 heterocycles. The quantitative estimate of drug-likeness (QED) is 0.743. The molecule has 14 heavy (non-hydrogen) atoms. The Balaban J connectivity index is 2.40. The van der Waals surface area contributed by atoms with Crippen molar-refractivity contribution in [3.63, 3.8) is 0 Å². The van der Waals surface area contributed by atoms with E-state index in [2.05, 4.69) is 0 Å². The van der Waals surface area contributed by atoms with E-state index in [1.165, 1.54) is 6.07 Å². The second kappa shape index (κ2) is 3.80. The third-order valence-electron chi connectivity index (χ3n) is 2.30. The van der Waals surface area contributed by atoms with E-state index < -0.39 is 5.82 Å². The number of halogens is 1. The normalized spacial score (nSPS) is 16.5. The van der Waals surface area contributed by atoms with Crippen molar-refractivity contribution >= 4 is 5.57 Å². The molecule has 1 aliphatic heterocycles. The fourth-order valence-corrected chi connectivity index (χ4v) is 1.55. The van der Waals surface area contributed by atoms with Gasteiger partial charge in [-0.25, -0.2) is 4.39 Å². The van der Waals surface area contributed by atoms with E-state index in [-0.39, 0.29) is 5.75 Å². The van der Waals surface area contributed by atoms with Gasteiger partial charge in [-0.15, -0.1) is 0 Å². The van der Waals surface area contributed by atoms with Crippen molar-refractivity contribution in [3.8, 4) is 5.75 Å². The van der Waals surface area contributed by atoms with E-state index in [4.69, 9.17) is 4.74 Å². The molecule has 0 radical (unpaired) electrons. The van der Waals surface area contributed by atoms with Crippen LogP contribution in [0.3, 0.4) is 0 Å². The Hall–Kier alpha value is -1.35. The van der Waals surface area contributed by atoms with Gasteiger partial charge in [0.1, 0.15) is 0 Å². The Morgan fingerprint density at radius 2 is 2.21 bits per heavy atom. The van der Waals surface area contributed by atoms with Crippen LogP contribution in [0.15, 0.2) is 24.3 Å². The van der Waals surface area contributed by atoms with E-state index in [1.807, 2.05) is 6.08 Å². The van der Waals surface area contributed by atoms with Crippen LogP contribution in [0.25, 0.3) is 5.57 Å². The molecular formula is C11H11FO2. The highest BCUT2D eigenvalue weighted by atomic mass is 19.1. The van der Waals surface area contributed by atoms with Gasteiger partial charge in [0.2, 0.25) is 0 Å². The molecule has 1 aliphatic rings. The smallest absolute Gasteiger partial charge is 0.165 e. The Morgan fingerprint density at radius 3 is 2.93 bits per heavy atom. The number of para-hydroxylation sites is 1. The Labute approximate surface area is 81.6 Å². The molecule has 1 aromatic carbocycles. The van der Waals surface area contributed by atoms with Crippen molar-refractivity contribution in [2.75, 3.05) is 13.2 Å². The van der Waals surface area contributed by atoms with Gasteiger partial charge >= 0.3 is 0 Å². The minimum absolute atomic E-state index is 0.263. The molecule has 0 fully saturated rings. The molecule has 3 heteroatoms. The molecule has 2 rings (SSSR count). The largest absolute Gasteiger partial charge is 0.504 e. The maximum Gasteiger partial charge on any atom is 0.165 e. The predicted molar refractivity (Wildman–Crippen MR) is 51.5 cm³/mol. The number of phenolic OH excluding ortho intramolecular Hbond substituents is 1. The molecule has 74 valence electrons. The van der Waals surface area contributed by atoms with Crippen LogP contribution in [0.1, 0.15) is 12.0 Å². The fourth-order valence-electron chi connectivity index (χ4n) is 1.55. The highest BCUT2D eigenvalue weighted by Crippen LogP contribution is 2.30. The van der Waals surface area contributed by atoms with Crippen LogP contribution in [-0.2, 0) is 4.74 Å². The molecule has 1 aromatic rings. The molecular weight excluding hydrogens is 183 g/mol. The predicted octanol–water partition coefficient (Wildman–Crippen LogP) is 2.33. The van der Waals surface area contributed by atoms with Crippen molar-refractivity contribution in [2.24, 2.45) is 0 Å². The first-order valence-electron chi connectivity index (χ1n) is 4.53. The zero-order valence-electron chi connectivity index (χ0n) is 7.66. The van der Waals surface area contributed by atoms with E-state index in [0.29, 0.717) is 18.8 Å². The third kappa shape index (κ3) is 1.63. The van der Waals surface area contributed by atoms with Crippen molar-refractivity contribution in [1.29, 1.82) is 0 Å². The van der Waals surface area contributed by atoms with E-state index >= 15 is 0 Å². The van der Waals surface area contributed by atoms with Crippen LogP contribution in [0.5, 0.6) is 5.75 Å². The van der Waals surface area contributed by atoms with Crippen LogP contribution >= 0.6 is 0 Å². The van der Waals surface area contributed by atoms with Crippen LogP contribution in [-0.4, -0.2) is 18.3 Å². The average molecular weight is 194 g/mol. The van der Waals surface area contributed by atoms with Gasteiger partial charge in [-0.1, -0.05) is 18.2 Å². The second-order valence-corrected chi connectivity index (χ2v) is 3.19. The van der Waals surface area contributed by atoms with E-state index in [0.717, 1.165) is 12.0 Å². The number of benzene rings is 1. The Kier molecular flexibility index (Phi) is 2.50. The standard InChI is InChI=1S/C11H11FO2/c12-10-3-1-2-9(11(10)13)8-4-6-14-7-5-8/h1-4,13H,5-7H2. The van der Waals surface area contributed by atoms with Gasteiger partial charge in [0.25, 0.3) is 0 Å². The van der Waals surface area contributed by atoms with Gasteiger partial charge in [-0.2, -0.15) is 0 Å². The molecule has 0 spiro atoms. The Morgan fingerprint density at radius 1 is 1.36 bits per heavy atom. The molecule has 0 unspecified atom stereocenters. The van der Waals surface area contributed by atoms with Gasteiger partial charge in [-0.3, -0.25) is 0 Å². The zero-order chi connectivity index (χ0) is 9.97. The van der Waals surface area contributed by atoms with Crippen LogP contribution in [0.4, 0.5) is 4.39 Å². The van der Waals surface area contributed by atoms with Gasteiger partial charge in [-0.05, 0) is 18.1 Å². The van der Waals surface area contributed by atoms with Gasteiger partial charge in [0.15, 0.2) is 11.6 Å². The molecule has 0 aliphatic carbocycles. The molecule has 0 saturated carbocycles. The summed E-state index contributed by atoms with van der Waals surface area (Å²) < 4.78 is 18.2. The molecule has 0 saturated heterocycles. The lowest BCUT2D eigenvalue weighted by Crippen LogP contribution is -2.04. The minimum Gasteiger partial charge on any atom is -0.504 e. The summed E-state index contributed by atoms with van der Waals surface area (Å²) in [4.78, 5) is 0. The van der Waals surface area contributed by atoms with Crippen LogP contribution in [0, 0.1) is 5.82 Å². The Bertz CT molecular complexity index is 372. The lowest BCUT2D eigenvalue weighted by Gasteiger charge is -2.14. The van der Waals surface area contributed by atoms with Gasteiger partial charge < -0.3 is 9.84 Å². The van der Waals surface area contributed by atoms with E-state index in [1.54, 1.807) is 12.1 Å². The monoisotopic (exact) mass is 194 g/mol. The lowest BCUT2D eigenvalue weighted by molar-refractivity contribution is 0.161. The third-order valence-corrected chi connectivity index (χ3v) is 2.30. The van der Waals surface area contributed by atoms with Crippen molar-refractivity contribution in [3.05, 3.63) is 35.7 Å². The number of hydrogen-bond acceptors (Lipinski definition) is 2. The number of hydrogen-bond donors (Lipinski definition) is 1. The highest BCUT2D eigenvalue weighted by molar-refractivity contribution is 5.70. The highest BCUT2D eigenvalue weighted by Gasteiger charge is 2.12. The van der Waals surface area contributed by atoms with Crippen molar-refractivity contribution in [1.82, 2.24) is 0 Å². The maximum absolute atomic E-state index is 13.0. The molecule has 2 nitrogen and oxygen atoms in total. The van der Waals surface area contributed by atoms with Crippen LogP contribution < -0.4 is 0 Å². The minimum atomic E-state index is -0.574. The number of ether oxygens (including phenoxy) is 1. The number of aromatic hydroxyl groups is 1. The summed E-state index contributed by atoms with van der Waals surface area (Å²) in [6.07, 6.45) is 2.59. The molecule has 0 aromatic heterocycles. The fraction of sp³-hybridized carbons (Fsp3) is 0.273. The summed E-state index contributed by atoms with van der Waals surface area (Å²) in [5.41, 5.74) is 1.53. The zero-order valence-corrected chi connectivity index (χ0v) is 7.66. The second-order valence-electron chi connectivity index (χ2n) is 3.19. The first-order valence-corrected chi connectivity index (χ1v) is 4.53. The molecule has 0 bridgehead atoms. The lowest BCUT2D eigenvalue weighted by atomic mass is 10.0. The average Bonchev–Trinajstić information content (AvgIpc) is 2.23. The summed E-state index contributed by atoms with van der Waals surface area (Å²) >= 11 is 0. The van der Waals surface area contributed by atoms with Gasteiger partial charge in [0.05, 0.1) is 13.2 Å². The molecule has 1 N–H and O–H groups in total. The van der Waals surface area contributed by atoms with Crippen molar-refractivity contribution < 1.29 is 14.2 Å². The summed E-state index contributed by atoms with van der Waals surface area (Å²) in [5.74, 6) is -0.837. The summed E-state index contributed by atoms with van der Waals surface area (Å²) in [7, 11) is 0. The van der Waals surface area contributed by atoms with Crippen molar-refractivity contribution in [2.45, 2.75) is 6.42 Å². The number of rotatable bonds is 1. The SMILES string of the molecule is Oc1c(F)cccc1C1=CCOCC1. The molecule has 0 amide bonds. The van der Waals surface area contributed by atoms with E-state index in [9.17, 15) is 9.50 Å². The van der Waals surface area contributed by atoms with Gasteiger partial charge in [0, 0.05) is 5.56 Å². The number of phenols is 1. The summed E-state index contributed by atoms with van der Waals surface area (Å²) in [5, 5.41) is 9.49. The first-order chi connectivity index (χ1) is 6.79.